The summed E-state index contributed by atoms with van der Waals surface area (Å²) in [5, 5.41) is 2.46. The normalized spacial score (nSPS) is 22.4. The zero-order valence-electron chi connectivity index (χ0n) is 9.62. The summed E-state index contributed by atoms with van der Waals surface area (Å²) in [6.45, 7) is 1.92. The molecule has 1 amide bonds. The molecule has 98 valence electrons. The third kappa shape index (κ3) is 3.15. The Morgan fingerprint density at radius 1 is 1.39 bits per heavy atom. The van der Waals surface area contributed by atoms with E-state index >= 15 is 0 Å². The van der Waals surface area contributed by atoms with Crippen LogP contribution in [0.1, 0.15) is 13.3 Å². The van der Waals surface area contributed by atoms with Gasteiger partial charge in [-0.1, -0.05) is 19.1 Å². The molecule has 1 aliphatic rings. The number of halogens is 3. The van der Waals surface area contributed by atoms with Crippen molar-refractivity contribution in [1.29, 1.82) is 0 Å². The van der Waals surface area contributed by atoms with E-state index in [2.05, 4.69) is 10.1 Å². The summed E-state index contributed by atoms with van der Waals surface area (Å²) in [5.41, 5.74) is 0.0407. The van der Waals surface area contributed by atoms with Crippen molar-refractivity contribution in [2.45, 2.75) is 19.7 Å². The number of carbonyl (C=O) groups excluding carboxylic acids is 1. The topological polar surface area (TPSA) is 38.3 Å². The van der Waals surface area contributed by atoms with Crippen LogP contribution in [0.5, 0.6) is 5.75 Å². The molecule has 1 N–H and O–H groups in total. The Morgan fingerprint density at radius 3 is 2.56 bits per heavy atom. The molecule has 0 spiro atoms. The molecular weight excluding hydrogens is 247 g/mol. The first kappa shape index (κ1) is 12.7. The minimum atomic E-state index is -4.77. The summed E-state index contributed by atoms with van der Waals surface area (Å²) in [6.07, 6.45) is -4.00. The first-order valence-corrected chi connectivity index (χ1v) is 5.52. The van der Waals surface area contributed by atoms with Gasteiger partial charge < -0.3 is 10.1 Å². The van der Waals surface area contributed by atoms with E-state index in [0.29, 0.717) is 5.92 Å². The monoisotopic (exact) mass is 259 g/mol. The van der Waals surface area contributed by atoms with Crippen LogP contribution in [0.3, 0.4) is 0 Å². The number of nitrogens with one attached hydrogen (secondary N) is 1. The first-order valence-electron chi connectivity index (χ1n) is 5.52. The highest BCUT2D eigenvalue weighted by molar-refractivity contribution is 5.95. The third-order valence-electron chi connectivity index (χ3n) is 2.82. The molecule has 1 aromatic rings. The van der Waals surface area contributed by atoms with Crippen LogP contribution in [0.15, 0.2) is 24.3 Å². The van der Waals surface area contributed by atoms with Gasteiger partial charge in [-0.2, -0.15) is 0 Å². The molecule has 1 fully saturated rings. The van der Waals surface area contributed by atoms with E-state index in [9.17, 15) is 18.0 Å². The molecule has 0 bridgehead atoms. The van der Waals surface area contributed by atoms with E-state index in [1.165, 1.54) is 24.3 Å². The molecular formula is C12H12F3NO2. The lowest BCUT2D eigenvalue weighted by Crippen LogP contribution is -2.20. The molecule has 2 unspecified atom stereocenters. The number of rotatable bonds is 3. The highest BCUT2D eigenvalue weighted by Gasteiger charge is 2.39. The third-order valence-corrected chi connectivity index (χ3v) is 2.82. The Hall–Kier alpha value is -1.72. The minimum Gasteiger partial charge on any atom is -0.404 e. The first-order chi connectivity index (χ1) is 8.37. The number of ether oxygens (including phenoxy) is 1. The van der Waals surface area contributed by atoms with Crippen LogP contribution in [0, 0.1) is 11.8 Å². The van der Waals surface area contributed by atoms with Crippen LogP contribution >= 0.6 is 0 Å². The number of hydrogen-bond acceptors (Lipinski definition) is 2. The van der Waals surface area contributed by atoms with Crippen molar-refractivity contribution < 1.29 is 22.7 Å². The Balaban J connectivity index is 2.10. The van der Waals surface area contributed by atoms with E-state index in [-0.39, 0.29) is 17.5 Å². The Morgan fingerprint density at radius 2 is 2.00 bits per heavy atom. The van der Waals surface area contributed by atoms with Crippen molar-refractivity contribution in [3.8, 4) is 5.75 Å². The van der Waals surface area contributed by atoms with Gasteiger partial charge in [0, 0.05) is 5.92 Å². The molecule has 1 aliphatic carbocycles. The van der Waals surface area contributed by atoms with Gasteiger partial charge in [0.1, 0.15) is 0 Å². The predicted octanol–water partition coefficient (Wildman–Crippen LogP) is 3.18. The zero-order chi connectivity index (χ0) is 13.3. The summed E-state index contributed by atoms with van der Waals surface area (Å²) in [6, 6.07) is 5.50. The molecule has 2 rings (SSSR count). The Bertz CT molecular complexity index is 459. The number of amides is 1. The number of carbonyl (C=O) groups is 1. The number of alkyl halides is 3. The molecule has 0 aliphatic heterocycles. The second-order valence-corrected chi connectivity index (χ2v) is 4.35. The van der Waals surface area contributed by atoms with E-state index < -0.39 is 12.1 Å². The Labute approximate surface area is 102 Å². The SMILES string of the molecule is CC1CC1C(=O)Nc1ccccc1OC(F)(F)F. The van der Waals surface area contributed by atoms with Gasteiger partial charge >= 0.3 is 6.36 Å². The largest absolute Gasteiger partial charge is 0.573 e. The van der Waals surface area contributed by atoms with Crippen molar-refractivity contribution in [2.75, 3.05) is 5.32 Å². The summed E-state index contributed by atoms with van der Waals surface area (Å²) in [5.74, 6) is -0.475. The molecule has 6 heteroatoms. The molecule has 1 saturated carbocycles. The van der Waals surface area contributed by atoms with E-state index in [1.807, 2.05) is 6.92 Å². The molecule has 0 aromatic heterocycles. The maximum Gasteiger partial charge on any atom is 0.573 e. The van der Waals surface area contributed by atoms with Gasteiger partial charge in [-0.3, -0.25) is 4.79 Å². The molecule has 18 heavy (non-hydrogen) atoms. The van der Waals surface area contributed by atoms with Gasteiger partial charge in [0.15, 0.2) is 5.75 Å². The van der Waals surface area contributed by atoms with Gasteiger partial charge in [-0.25, -0.2) is 0 Å². The van der Waals surface area contributed by atoms with Crippen LogP contribution in [0.2, 0.25) is 0 Å². The average molecular weight is 259 g/mol. The second-order valence-electron chi connectivity index (χ2n) is 4.35. The highest BCUT2D eigenvalue weighted by atomic mass is 19.4. The van der Waals surface area contributed by atoms with Crippen molar-refractivity contribution in [2.24, 2.45) is 11.8 Å². The number of anilines is 1. The van der Waals surface area contributed by atoms with Crippen LogP contribution in [0.4, 0.5) is 18.9 Å². The maximum atomic E-state index is 12.2. The molecule has 1 aromatic carbocycles. The minimum absolute atomic E-state index is 0.0407. The molecule has 2 atom stereocenters. The van der Waals surface area contributed by atoms with E-state index in [0.717, 1.165) is 6.42 Å². The second kappa shape index (κ2) is 4.51. The van der Waals surface area contributed by atoms with E-state index in [1.54, 1.807) is 0 Å². The van der Waals surface area contributed by atoms with Gasteiger partial charge in [-0.05, 0) is 24.5 Å². The van der Waals surface area contributed by atoms with Crippen molar-refractivity contribution in [1.82, 2.24) is 0 Å². The summed E-state index contributed by atoms with van der Waals surface area (Å²) in [7, 11) is 0. The van der Waals surface area contributed by atoms with Crippen molar-refractivity contribution in [3.05, 3.63) is 24.3 Å². The fourth-order valence-corrected chi connectivity index (χ4v) is 1.70. The molecule has 0 radical (unpaired) electrons. The standard InChI is InChI=1S/C12H12F3NO2/c1-7-6-8(7)11(17)16-9-4-2-3-5-10(9)18-12(13,14)15/h2-5,7-8H,6H2,1H3,(H,16,17). The highest BCUT2D eigenvalue weighted by Crippen LogP contribution is 2.39. The van der Waals surface area contributed by atoms with E-state index in [4.69, 9.17) is 0 Å². The van der Waals surface area contributed by atoms with Crippen LogP contribution in [-0.2, 0) is 4.79 Å². The zero-order valence-corrected chi connectivity index (χ0v) is 9.62. The average Bonchev–Trinajstić information content (AvgIpc) is 2.96. The van der Waals surface area contributed by atoms with Crippen LogP contribution in [0.25, 0.3) is 0 Å². The van der Waals surface area contributed by atoms with Crippen molar-refractivity contribution in [3.63, 3.8) is 0 Å². The summed E-state index contributed by atoms with van der Waals surface area (Å²) >= 11 is 0. The summed E-state index contributed by atoms with van der Waals surface area (Å²) < 4.78 is 40.3. The number of para-hydroxylation sites is 2. The van der Waals surface area contributed by atoms with Gasteiger partial charge in [-0.15, -0.1) is 13.2 Å². The Kier molecular flexibility index (Phi) is 3.19. The maximum absolute atomic E-state index is 12.2. The predicted molar refractivity (Wildman–Crippen MR) is 59.0 cm³/mol. The van der Waals surface area contributed by atoms with Gasteiger partial charge in [0.05, 0.1) is 5.69 Å². The molecule has 0 saturated heterocycles. The molecule has 0 heterocycles. The lowest BCUT2D eigenvalue weighted by Gasteiger charge is -2.13. The fraction of sp³-hybridized carbons (Fsp3) is 0.417. The van der Waals surface area contributed by atoms with Crippen LogP contribution < -0.4 is 10.1 Å². The van der Waals surface area contributed by atoms with Gasteiger partial charge in [0.2, 0.25) is 5.91 Å². The lowest BCUT2D eigenvalue weighted by atomic mass is 10.2. The fourth-order valence-electron chi connectivity index (χ4n) is 1.70. The number of hydrogen-bond donors (Lipinski definition) is 1. The molecule has 3 nitrogen and oxygen atoms in total. The summed E-state index contributed by atoms with van der Waals surface area (Å²) in [4.78, 5) is 11.7. The lowest BCUT2D eigenvalue weighted by molar-refractivity contribution is -0.274. The van der Waals surface area contributed by atoms with Gasteiger partial charge in [0.25, 0.3) is 0 Å². The van der Waals surface area contributed by atoms with Crippen LogP contribution in [-0.4, -0.2) is 12.3 Å². The van der Waals surface area contributed by atoms with Crippen molar-refractivity contribution >= 4 is 11.6 Å². The number of benzene rings is 1. The smallest absolute Gasteiger partial charge is 0.404 e. The quantitative estimate of drug-likeness (QED) is 0.905.